The third-order valence-corrected chi connectivity index (χ3v) is 6.52. The highest BCUT2D eigenvalue weighted by atomic mass is 35.5. The predicted molar refractivity (Wildman–Crippen MR) is 143 cm³/mol. The van der Waals surface area contributed by atoms with E-state index in [9.17, 15) is 9.50 Å². The van der Waals surface area contributed by atoms with E-state index in [1.165, 1.54) is 30.6 Å². The summed E-state index contributed by atoms with van der Waals surface area (Å²) in [4.78, 5) is 12.8. The molecule has 0 spiro atoms. The number of aliphatic hydroxyl groups excluding tert-OH is 1. The standard InChI is InChI=1S/C28H29ClF2N4O3/c1-15(19-10-18(6-7-22(19)30)38-9-5-8-36)35-26-21-11-20(17-13-32-27(33-14-17)28(3,4)37)23(31)12-24(21)34-16(2)25(26)29/h6-7,10-15,36-37H,5,8-9H2,1-4H3,(H,34,35). The molecule has 3 N–H and O–H groups in total. The Balaban J connectivity index is 1.75. The lowest BCUT2D eigenvalue weighted by Crippen LogP contribution is -2.19. The summed E-state index contributed by atoms with van der Waals surface area (Å²) >= 11 is 6.66. The van der Waals surface area contributed by atoms with E-state index >= 15 is 4.39 Å². The Morgan fingerprint density at radius 3 is 2.47 bits per heavy atom. The number of nitrogens with one attached hydrogen (secondary N) is 1. The van der Waals surface area contributed by atoms with Gasteiger partial charge in [0.05, 0.1) is 34.6 Å². The van der Waals surface area contributed by atoms with Gasteiger partial charge in [-0.2, -0.15) is 0 Å². The number of hydrogen-bond donors (Lipinski definition) is 3. The maximum absolute atomic E-state index is 15.2. The van der Waals surface area contributed by atoms with Crippen LogP contribution in [-0.2, 0) is 5.60 Å². The van der Waals surface area contributed by atoms with Crippen LogP contribution >= 0.6 is 11.6 Å². The lowest BCUT2D eigenvalue weighted by atomic mass is 10.0. The Morgan fingerprint density at radius 2 is 1.82 bits per heavy atom. The molecule has 0 radical (unpaired) electrons. The van der Waals surface area contributed by atoms with Crippen molar-refractivity contribution < 1.29 is 23.7 Å². The lowest BCUT2D eigenvalue weighted by molar-refractivity contribution is 0.0687. The minimum absolute atomic E-state index is 0.00273. The van der Waals surface area contributed by atoms with Crippen molar-refractivity contribution >= 4 is 28.2 Å². The fourth-order valence-electron chi connectivity index (χ4n) is 4.02. The molecule has 2 aromatic carbocycles. The van der Waals surface area contributed by atoms with Gasteiger partial charge in [-0.1, -0.05) is 11.6 Å². The molecule has 10 heteroatoms. The molecule has 0 fully saturated rings. The van der Waals surface area contributed by atoms with Crippen LogP contribution in [0.15, 0.2) is 42.7 Å². The molecule has 7 nitrogen and oxygen atoms in total. The second-order valence-corrected chi connectivity index (χ2v) is 9.94. The van der Waals surface area contributed by atoms with Gasteiger partial charge in [-0.25, -0.2) is 18.7 Å². The molecule has 0 saturated carbocycles. The number of rotatable bonds is 9. The van der Waals surface area contributed by atoms with Crippen molar-refractivity contribution in [3.8, 4) is 16.9 Å². The zero-order valence-corrected chi connectivity index (χ0v) is 22.3. The summed E-state index contributed by atoms with van der Waals surface area (Å²) in [5, 5.41) is 23.2. The second-order valence-electron chi connectivity index (χ2n) is 9.56. The maximum Gasteiger partial charge on any atom is 0.159 e. The Bertz CT molecular complexity index is 1460. The zero-order valence-electron chi connectivity index (χ0n) is 21.5. The van der Waals surface area contributed by atoms with Gasteiger partial charge in [-0.05, 0) is 52.0 Å². The van der Waals surface area contributed by atoms with Gasteiger partial charge in [-0.15, -0.1) is 0 Å². The Kier molecular flexibility index (Phi) is 8.10. The van der Waals surface area contributed by atoms with Crippen molar-refractivity contribution in [2.45, 2.75) is 45.8 Å². The van der Waals surface area contributed by atoms with Crippen LogP contribution < -0.4 is 10.1 Å². The predicted octanol–water partition coefficient (Wildman–Crippen LogP) is 6.09. The average Bonchev–Trinajstić information content (AvgIpc) is 2.87. The van der Waals surface area contributed by atoms with Crippen molar-refractivity contribution in [2.75, 3.05) is 18.5 Å². The first kappa shape index (κ1) is 27.6. The number of aryl methyl sites for hydroxylation is 1. The van der Waals surface area contributed by atoms with E-state index in [2.05, 4.69) is 20.3 Å². The highest BCUT2D eigenvalue weighted by Gasteiger charge is 2.22. The number of halogens is 3. The molecular formula is C28H29ClF2N4O3. The molecule has 200 valence electrons. The largest absolute Gasteiger partial charge is 0.493 e. The minimum Gasteiger partial charge on any atom is -0.493 e. The average molecular weight is 543 g/mol. The molecule has 0 amide bonds. The van der Waals surface area contributed by atoms with Crippen LogP contribution in [-0.4, -0.2) is 38.4 Å². The number of nitrogens with zero attached hydrogens (tertiary/aromatic N) is 3. The molecule has 0 aliphatic carbocycles. The third kappa shape index (κ3) is 5.85. The van der Waals surface area contributed by atoms with Gasteiger partial charge in [0.25, 0.3) is 0 Å². The molecule has 0 aliphatic rings. The van der Waals surface area contributed by atoms with E-state index in [4.69, 9.17) is 21.4 Å². The van der Waals surface area contributed by atoms with Crippen LogP contribution in [0.3, 0.4) is 0 Å². The molecule has 0 saturated heterocycles. The Hall–Kier alpha value is -3.40. The van der Waals surface area contributed by atoms with Crippen molar-refractivity contribution in [2.24, 2.45) is 0 Å². The molecule has 0 aliphatic heterocycles. The molecular weight excluding hydrogens is 514 g/mol. The summed E-state index contributed by atoms with van der Waals surface area (Å²) in [6.45, 7) is 6.92. The lowest BCUT2D eigenvalue weighted by Gasteiger charge is -2.21. The molecule has 0 bridgehead atoms. The maximum atomic E-state index is 15.2. The summed E-state index contributed by atoms with van der Waals surface area (Å²) in [7, 11) is 0. The highest BCUT2D eigenvalue weighted by molar-refractivity contribution is 6.35. The molecule has 4 rings (SSSR count). The van der Waals surface area contributed by atoms with Crippen LogP contribution in [0.25, 0.3) is 22.0 Å². The number of aliphatic hydroxyl groups is 2. The topological polar surface area (TPSA) is 100 Å². The van der Waals surface area contributed by atoms with E-state index in [-0.39, 0.29) is 18.0 Å². The minimum atomic E-state index is -1.24. The van der Waals surface area contributed by atoms with Crippen LogP contribution in [0, 0.1) is 18.6 Å². The van der Waals surface area contributed by atoms with E-state index in [0.29, 0.717) is 57.2 Å². The zero-order chi connectivity index (χ0) is 27.6. The third-order valence-electron chi connectivity index (χ3n) is 6.06. The van der Waals surface area contributed by atoms with E-state index in [1.54, 1.807) is 39.8 Å². The van der Waals surface area contributed by atoms with Gasteiger partial charge in [0.2, 0.25) is 0 Å². The number of ether oxygens (including phenoxy) is 1. The molecule has 1 atom stereocenters. The Morgan fingerprint density at radius 1 is 1.11 bits per heavy atom. The fraction of sp³-hybridized carbons (Fsp3) is 0.321. The van der Waals surface area contributed by atoms with Crippen molar-refractivity contribution in [3.63, 3.8) is 0 Å². The molecule has 4 aromatic rings. The van der Waals surface area contributed by atoms with Gasteiger partial charge >= 0.3 is 0 Å². The number of hydrogen-bond acceptors (Lipinski definition) is 7. The van der Waals surface area contributed by atoms with Crippen molar-refractivity contribution in [1.29, 1.82) is 0 Å². The van der Waals surface area contributed by atoms with Crippen LogP contribution in [0.2, 0.25) is 5.02 Å². The van der Waals surface area contributed by atoms with Gasteiger partial charge in [-0.3, -0.25) is 4.98 Å². The summed E-state index contributed by atoms with van der Waals surface area (Å²) in [5.41, 5.74) is 1.08. The van der Waals surface area contributed by atoms with Gasteiger partial charge < -0.3 is 20.3 Å². The number of benzene rings is 2. The SMILES string of the molecule is Cc1nc2cc(F)c(-c3cnc(C(C)(C)O)nc3)cc2c(NC(C)c2cc(OCCCO)ccc2F)c1Cl. The number of anilines is 1. The first-order valence-corrected chi connectivity index (χ1v) is 12.5. The fourth-order valence-corrected chi connectivity index (χ4v) is 4.22. The van der Waals surface area contributed by atoms with Gasteiger partial charge in [0.15, 0.2) is 5.82 Å². The normalized spacial score (nSPS) is 12.6. The number of pyridine rings is 1. The van der Waals surface area contributed by atoms with Gasteiger partial charge in [0, 0.05) is 53.6 Å². The van der Waals surface area contributed by atoms with Crippen LogP contribution in [0.5, 0.6) is 5.75 Å². The van der Waals surface area contributed by atoms with Crippen LogP contribution in [0.4, 0.5) is 14.5 Å². The molecule has 2 aromatic heterocycles. The van der Waals surface area contributed by atoms with E-state index < -0.39 is 23.3 Å². The van der Waals surface area contributed by atoms with Crippen molar-refractivity contribution in [1.82, 2.24) is 15.0 Å². The monoisotopic (exact) mass is 542 g/mol. The summed E-state index contributed by atoms with van der Waals surface area (Å²) in [6.07, 6.45) is 3.35. The highest BCUT2D eigenvalue weighted by Crippen LogP contribution is 2.38. The van der Waals surface area contributed by atoms with Crippen LogP contribution in [0.1, 0.15) is 50.3 Å². The summed E-state index contributed by atoms with van der Waals surface area (Å²) in [5.74, 6) is -0.265. The van der Waals surface area contributed by atoms with Gasteiger partial charge in [0.1, 0.15) is 23.0 Å². The summed E-state index contributed by atoms with van der Waals surface area (Å²) in [6, 6.07) is 6.82. The first-order valence-electron chi connectivity index (χ1n) is 12.1. The van der Waals surface area contributed by atoms with E-state index in [1.807, 2.05) is 0 Å². The Labute approximate surface area is 224 Å². The van der Waals surface area contributed by atoms with Crippen molar-refractivity contribution in [3.05, 3.63) is 76.5 Å². The number of aromatic nitrogens is 3. The second kappa shape index (κ2) is 11.1. The first-order chi connectivity index (χ1) is 18.0. The quantitative estimate of drug-likeness (QED) is 0.220. The summed E-state index contributed by atoms with van der Waals surface area (Å²) < 4.78 is 35.6. The number of fused-ring (bicyclic) bond motifs is 1. The van der Waals surface area contributed by atoms with E-state index in [0.717, 1.165) is 0 Å². The molecule has 38 heavy (non-hydrogen) atoms. The molecule has 1 unspecified atom stereocenters. The smallest absolute Gasteiger partial charge is 0.159 e. The molecule has 2 heterocycles.